The molecule has 0 spiro atoms. The van der Waals surface area contributed by atoms with Gasteiger partial charge in [-0.2, -0.15) is 0 Å². The molecule has 0 aliphatic heterocycles. The van der Waals surface area contributed by atoms with Gasteiger partial charge in [0.1, 0.15) is 11.9 Å². The lowest BCUT2D eigenvalue weighted by Crippen LogP contribution is -2.45. The van der Waals surface area contributed by atoms with Crippen molar-refractivity contribution >= 4 is 17.6 Å². The zero-order valence-electron chi connectivity index (χ0n) is 19.2. The number of anilines is 1. The van der Waals surface area contributed by atoms with Gasteiger partial charge >= 0.3 is 5.97 Å². The normalized spacial score (nSPS) is 12.7. The van der Waals surface area contributed by atoms with Gasteiger partial charge in [-0.3, -0.25) is 9.59 Å². The molecule has 2 rings (SSSR count). The lowest BCUT2D eigenvalue weighted by atomic mass is 9.71. The molecule has 2 aromatic carbocycles. The predicted molar refractivity (Wildman–Crippen MR) is 121 cm³/mol. The summed E-state index contributed by atoms with van der Waals surface area (Å²) in [5.41, 5.74) is 0.186. The molecule has 0 radical (unpaired) electrons. The highest BCUT2D eigenvalue weighted by atomic mass is 16.5. The molecule has 0 aromatic heterocycles. The Balaban J connectivity index is 2.24. The highest BCUT2D eigenvalue weighted by Crippen LogP contribution is 2.39. The number of hydrogen-bond donors (Lipinski definition) is 1. The molecule has 0 saturated carbocycles. The number of benzene rings is 2. The van der Waals surface area contributed by atoms with E-state index in [0.717, 1.165) is 11.3 Å². The van der Waals surface area contributed by atoms with E-state index in [1.54, 1.807) is 7.11 Å². The summed E-state index contributed by atoms with van der Waals surface area (Å²) in [6.07, 6.45) is -0.388. The van der Waals surface area contributed by atoms with Gasteiger partial charge in [0, 0.05) is 11.1 Å². The first kappa shape index (κ1) is 24.4. The molecular formula is C25H33NO5. The average molecular weight is 428 g/mol. The highest BCUT2D eigenvalue weighted by molar-refractivity contribution is 5.94. The van der Waals surface area contributed by atoms with Crippen LogP contribution in [0.2, 0.25) is 0 Å². The van der Waals surface area contributed by atoms with Crippen molar-refractivity contribution < 1.29 is 23.8 Å². The molecule has 31 heavy (non-hydrogen) atoms. The molecule has 0 saturated heterocycles. The molecule has 1 N–H and O–H groups in total. The summed E-state index contributed by atoms with van der Waals surface area (Å²) in [4.78, 5) is 25.5. The quantitative estimate of drug-likeness (QED) is 0.550. The second kappa shape index (κ2) is 10.4. The maximum atomic E-state index is 13.2. The minimum Gasteiger partial charge on any atom is -0.497 e. The molecule has 2 aromatic rings. The van der Waals surface area contributed by atoms with Gasteiger partial charge in [0.15, 0.2) is 0 Å². The fourth-order valence-corrected chi connectivity index (χ4v) is 3.87. The smallest absolute Gasteiger partial charge is 0.311 e. The van der Waals surface area contributed by atoms with Crippen LogP contribution in [0.4, 0.5) is 5.69 Å². The van der Waals surface area contributed by atoms with Crippen LogP contribution in [0.25, 0.3) is 0 Å². The van der Waals surface area contributed by atoms with E-state index in [1.807, 2.05) is 82.3 Å². The number of para-hydroxylation sites is 1. The van der Waals surface area contributed by atoms with Gasteiger partial charge in [0.25, 0.3) is 5.91 Å². The Morgan fingerprint density at radius 2 is 1.55 bits per heavy atom. The van der Waals surface area contributed by atoms with Crippen molar-refractivity contribution in [3.63, 3.8) is 0 Å². The van der Waals surface area contributed by atoms with Gasteiger partial charge < -0.3 is 19.5 Å². The molecule has 0 heterocycles. The van der Waals surface area contributed by atoms with Crippen LogP contribution in [-0.4, -0.2) is 32.2 Å². The lowest BCUT2D eigenvalue weighted by molar-refractivity contribution is -0.156. The van der Waals surface area contributed by atoms with E-state index >= 15 is 0 Å². The minimum absolute atomic E-state index is 0.249. The van der Waals surface area contributed by atoms with Gasteiger partial charge in [0.2, 0.25) is 0 Å². The van der Waals surface area contributed by atoms with E-state index in [-0.39, 0.29) is 18.5 Å². The zero-order valence-corrected chi connectivity index (χ0v) is 19.2. The van der Waals surface area contributed by atoms with Crippen molar-refractivity contribution in [3.8, 4) is 5.75 Å². The number of nitrogens with one attached hydrogen (secondary N) is 1. The van der Waals surface area contributed by atoms with Crippen molar-refractivity contribution in [2.45, 2.75) is 46.8 Å². The largest absolute Gasteiger partial charge is 0.497 e. The molecule has 0 aliphatic rings. The van der Waals surface area contributed by atoms with E-state index < -0.39 is 16.9 Å². The monoisotopic (exact) mass is 427 g/mol. The van der Waals surface area contributed by atoms with Crippen molar-refractivity contribution in [1.82, 2.24) is 0 Å². The predicted octanol–water partition coefficient (Wildman–Crippen LogP) is 4.83. The molecule has 0 fully saturated rings. The van der Waals surface area contributed by atoms with Gasteiger partial charge in [-0.15, -0.1) is 0 Å². The SMILES string of the molecule is COC(=O)C(C)(C)CC(C)(C)C(OCc1ccc(OC)cc1)C(=O)Nc1ccccc1. The Morgan fingerprint density at radius 3 is 2.10 bits per heavy atom. The maximum absolute atomic E-state index is 13.2. The summed E-state index contributed by atoms with van der Waals surface area (Å²) in [5, 5.41) is 2.93. The maximum Gasteiger partial charge on any atom is 0.311 e. The Bertz CT molecular complexity index is 859. The number of methoxy groups -OCH3 is 2. The Morgan fingerprint density at radius 1 is 0.935 bits per heavy atom. The molecule has 168 valence electrons. The number of hydrogen-bond acceptors (Lipinski definition) is 5. The third-order valence-electron chi connectivity index (χ3n) is 5.20. The minimum atomic E-state index is -0.793. The molecule has 1 amide bonds. The summed E-state index contributed by atoms with van der Waals surface area (Å²) in [5.74, 6) is 0.172. The van der Waals surface area contributed by atoms with Gasteiger partial charge in [-0.05, 0) is 50.1 Å². The zero-order chi connectivity index (χ0) is 23.1. The van der Waals surface area contributed by atoms with Crippen LogP contribution in [-0.2, 0) is 25.7 Å². The number of amides is 1. The molecular weight excluding hydrogens is 394 g/mol. The van der Waals surface area contributed by atoms with E-state index in [4.69, 9.17) is 14.2 Å². The summed E-state index contributed by atoms with van der Waals surface area (Å²) >= 11 is 0. The standard InChI is InChI=1S/C25H33NO5/c1-24(2,17-25(3,4)23(28)30-6)21(22(27)26-19-10-8-7-9-11-19)31-16-18-12-14-20(29-5)15-13-18/h7-15,21H,16-17H2,1-6H3,(H,26,27). The van der Waals surface area contributed by atoms with Crippen molar-refractivity contribution in [2.24, 2.45) is 10.8 Å². The third-order valence-corrected chi connectivity index (χ3v) is 5.20. The molecule has 1 atom stereocenters. The fraction of sp³-hybridized carbons (Fsp3) is 0.440. The second-order valence-electron chi connectivity index (χ2n) is 8.94. The van der Waals surface area contributed by atoms with Crippen molar-refractivity contribution in [2.75, 3.05) is 19.5 Å². The molecule has 0 aliphatic carbocycles. The van der Waals surface area contributed by atoms with E-state index in [1.165, 1.54) is 7.11 Å². The first-order valence-corrected chi connectivity index (χ1v) is 10.3. The fourth-order valence-electron chi connectivity index (χ4n) is 3.87. The van der Waals surface area contributed by atoms with Crippen LogP contribution < -0.4 is 10.1 Å². The van der Waals surface area contributed by atoms with Crippen LogP contribution in [0.5, 0.6) is 5.75 Å². The van der Waals surface area contributed by atoms with Gasteiger partial charge in [0.05, 0.1) is 26.2 Å². The van der Waals surface area contributed by atoms with Crippen LogP contribution in [0, 0.1) is 10.8 Å². The number of rotatable bonds is 10. The number of esters is 1. The van der Waals surface area contributed by atoms with Crippen LogP contribution in [0.1, 0.15) is 39.7 Å². The highest BCUT2D eigenvalue weighted by Gasteiger charge is 2.43. The molecule has 6 nitrogen and oxygen atoms in total. The lowest BCUT2D eigenvalue weighted by Gasteiger charge is -2.38. The van der Waals surface area contributed by atoms with Gasteiger partial charge in [-0.1, -0.05) is 44.2 Å². The summed E-state index contributed by atoms with van der Waals surface area (Å²) in [6.45, 7) is 7.74. The van der Waals surface area contributed by atoms with E-state index in [2.05, 4.69) is 5.32 Å². The molecule has 6 heteroatoms. The summed E-state index contributed by atoms with van der Waals surface area (Å²) in [6, 6.07) is 16.7. The van der Waals surface area contributed by atoms with E-state index in [0.29, 0.717) is 12.1 Å². The van der Waals surface area contributed by atoms with E-state index in [9.17, 15) is 9.59 Å². The number of ether oxygens (including phenoxy) is 3. The van der Waals surface area contributed by atoms with Crippen LogP contribution in [0.15, 0.2) is 54.6 Å². The number of carbonyl (C=O) groups is 2. The first-order valence-electron chi connectivity index (χ1n) is 10.3. The summed E-state index contributed by atoms with van der Waals surface area (Å²) in [7, 11) is 2.98. The molecule has 0 bridgehead atoms. The van der Waals surface area contributed by atoms with Crippen molar-refractivity contribution in [3.05, 3.63) is 60.2 Å². The number of carbonyl (C=O) groups excluding carboxylic acids is 2. The Labute approximate surface area is 184 Å². The summed E-state index contributed by atoms with van der Waals surface area (Å²) < 4.78 is 16.3. The van der Waals surface area contributed by atoms with Crippen molar-refractivity contribution in [1.29, 1.82) is 0 Å². The van der Waals surface area contributed by atoms with Crippen LogP contribution in [0.3, 0.4) is 0 Å². The topological polar surface area (TPSA) is 73.9 Å². The third kappa shape index (κ3) is 6.82. The van der Waals surface area contributed by atoms with Gasteiger partial charge in [-0.25, -0.2) is 0 Å². The first-order chi connectivity index (χ1) is 14.6. The average Bonchev–Trinajstić information content (AvgIpc) is 2.73. The second-order valence-corrected chi connectivity index (χ2v) is 8.94. The van der Waals surface area contributed by atoms with Crippen LogP contribution >= 0.6 is 0 Å². The molecule has 1 unspecified atom stereocenters. The Hall–Kier alpha value is -2.86. The Kier molecular flexibility index (Phi) is 8.22.